The van der Waals surface area contributed by atoms with Crippen molar-refractivity contribution in [2.45, 2.75) is 26.4 Å². The lowest BCUT2D eigenvalue weighted by molar-refractivity contribution is 0.0641. The molecule has 146 valence electrons. The first kappa shape index (κ1) is 18.7. The van der Waals surface area contributed by atoms with Crippen molar-refractivity contribution in [3.8, 4) is 0 Å². The van der Waals surface area contributed by atoms with Gasteiger partial charge in [-0.05, 0) is 55.8 Å². The standard InChI is InChI=1S/C23H20N2O4/c1-14-7-12-20(29-14)15(2)24-21(26)17-10-8-16(9-11-17)13-25-22(27)18-5-3-4-6-19(18)23(25)28/h3-12,15H,13H2,1-2H3,(H,24,26). The second kappa shape index (κ2) is 7.39. The number of aryl methyl sites for hydroxylation is 1. The molecular formula is C23H20N2O4. The summed E-state index contributed by atoms with van der Waals surface area (Å²) in [5.74, 6) is 0.667. The Kier molecular flexibility index (Phi) is 4.76. The van der Waals surface area contributed by atoms with Gasteiger partial charge >= 0.3 is 0 Å². The normalized spacial score (nSPS) is 14.1. The lowest BCUT2D eigenvalue weighted by Gasteiger charge is -2.15. The number of nitrogens with zero attached hydrogens (tertiary/aromatic N) is 1. The zero-order valence-electron chi connectivity index (χ0n) is 16.1. The first-order valence-corrected chi connectivity index (χ1v) is 9.35. The zero-order valence-corrected chi connectivity index (χ0v) is 16.1. The molecule has 1 aliphatic heterocycles. The molecule has 1 N–H and O–H groups in total. The third-order valence-corrected chi connectivity index (χ3v) is 4.97. The number of carbonyl (C=O) groups excluding carboxylic acids is 3. The maximum atomic E-state index is 12.5. The van der Waals surface area contributed by atoms with E-state index in [1.807, 2.05) is 26.0 Å². The monoisotopic (exact) mass is 388 g/mol. The van der Waals surface area contributed by atoms with Crippen LogP contribution in [0.1, 0.15) is 61.1 Å². The topological polar surface area (TPSA) is 79.6 Å². The number of nitrogens with one attached hydrogen (secondary N) is 1. The maximum Gasteiger partial charge on any atom is 0.261 e. The highest BCUT2D eigenvalue weighted by atomic mass is 16.3. The van der Waals surface area contributed by atoms with Crippen molar-refractivity contribution in [3.63, 3.8) is 0 Å². The number of rotatable bonds is 5. The SMILES string of the molecule is Cc1ccc(C(C)NC(=O)c2ccc(CN3C(=O)c4ccccc4C3=O)cc2)o1. The molecule has 4 rings (SSSR count). The second-order valence-electron chi connectivity index (χ2n) is 7.08. The summed E-state index contributed by atoms with van der Waals surface area (Å²) in [7, 11) is 0. The van der Waals surface area contributed by atoms with Crippen LogP contribution in [-0.2, 0) is 6.54 Å². The molecule has 0 saturated heterocycles. The summed E-state index contributed by atoms with van der Waals surface area (Å²) in [6.45, 7) is 3.87. The molecule has 0 radical (unpaired) electrons. The molecule has 6 nitrogen and oxygen atoms in total. The van der Waals surface area contributed by atoms with Gasteiger partial charge in [0.25, 0.3) is 17.7 Å². The van der Waals surface area contributed by atoms with Crippen LogP contribution in [0.5, 0.6) is 0 Å². The number of furan rings is 1. The van der Waals surface area contributed by atoms with Crippen molar-refractivity contribution in [3.05, 3.63) is 94.4 Å². The third kappa shape index (κ3) is 3.57. The van der Waals surface area contributed by atoms with E-state index in [1.165, 1.54) is 4.90 Å². The molecule has 0 saturated carbocycles. The number of amides is 3. The van der Waals surface area contributed by atoms with Crippen LogP contribution < -0.4 is 5.32 Å². The largest absolute Gasteiger partial charge is 0.464 e. The molecule has 1 aliphatic rings. The summed E-state index contributed by atoms with van der Waals surface area (Å²) in [4.78, 5) is 38.6. The van der Waals surface area contributed by atoms with Crippen molar-refractivity contribution in [2.24, 2.45) is 0 Å². The summed E-state index contributed by atoms with van der Waals surface area (Å²) in [5.41, 5.74) is 2.11. The Morgan fingerprint density at radius 1 is 0.966 bits per heavy atom. The number of hydrogen-bond acceptors (Lipinski definition) is 4. The molecule has 3 amide bonds. The molecule has 6 heteroatoms. The third-order valence-electron chi connectivity index (χ3n) is 4.97. The van der Waals surface area contributed by atoms with Crippen LogP contribution >= 0.6 is 0 Å². The van der Waals surface area contributed by atoms with E-state index in [1.54, 1.807) is 48.5 Å². The van der Waals surface area contributed by atoms with Crippen molar-refractivity contribution < 1.29 is 18.8 Å². The van der Waals surface area contributed by atoms with Crippen molar-refractivity contribution >= 4 is 17.7 Å². The first-order chi connectivity index (χ1) is 13.9. The highest BCUT2D eigenvalue weighted by molar-refractivity contribution is 6.21. The van der Waals surface area contributed by atoms with Crippen LogP contribution in [0.25, 0.3) is 0 Å². The number of hydrogen-bond donors (Lipinski definition) is 1. The molecule has 3 aromatic rings. The minimum Gasteiger partial charge on any atom is -0.464 e. The quantitative estimate of drug-likeness (QED) is 0.673. The molecule has 0 aliphatic carbocycles. The average Bonchev–Trinajstić information content (AvgIpc) is 3.26. The molecule has 2 heterocycles. The maximum absolute atomic E-state index is 12.5. The second-order valence-corrected chi connectivity index (χ2v) is 7.08. The Balaban J connectivity index is 1.43. The minimum absolute atomic E-state index is 0.163. The van der Waals surface area contributed by atoms with Crippen LogP contribution in [0, 0.1) is 6.92 Å². The highest BCUT2D eigenvalue weighted by Crippen LogP contribution is 2.24. The summed E-state index contributed by atoms with van der Waals surface area (Å²) in [5, 5.41) is 2.89. The number of imide groups is 1. The van der Waals surface area contributed by atoms with Gasteiger partial charge in [0, 0.05) is 5.56 Å². The van der Waals surface area contributed by atoms with E-state index < -0.39 is 0 Å². The van der Waals surface area contributed by atoms with Gasteiger partial charge in [0.1, 0.15) is 11.5 Å². The van der Waals surface area contributed by atoms with Gasteiger partial charge in [-0.15, -0.1) is 0 Å². The lowest BCUT2D eigenvalue weighted by Crippen LogP contribution is -2.29. The van der Waals surface area contributed by atoms with Gasteiger partial charge in [-0.25, -0.2) is 0 Å². The van der Waals surface area contributed by atoms with Gasteiger partial charge in [0.05, 0.1) is 23.7 Å². The summed E-state index contributed by atoms with van der Waals surface area (Å²) >= 11 is 0. The molecule has 2 aromatic carbocycles. The van der Waals surface area contributed by atoms with Crippen LogP contribution in [0.3, 0.4) is 0 Å². The van der Waals surface area contributed by atoms with E-state index in [2.05, 4.69) is 5.32 Å². The Hall–Kier alpha value is -3.67. The number of carbonyl (C=O) groups is 3. The van der Waals surface area contributed by atoms with E-state index in [0.717, 1.165) is 11.3 Å². The van der Waals surface area contributed by atoms with E-state index in [0.29, 0.717) is 22.5 Å². The van der Waals surface area contributed by atoms with Gasteiger partial charge < -0.3 is 9.73 Å². The zero-order chi connectivity index (χ0) is 20.5. The van der Waals surface area contributed by atoms with Gasteiger partial charge in [-0.1, -0.05) is 24.3 Å². The van der Waals surface area contributed by atoms with Crippen molar-refractivity contribution in [1.29, 1.82) is 0 Å². The van der Waals surface area contributed by atoms with Gasteiger partial charge in [-0.2, -0.15) is 0 Å². The highest BCUT2D eigenvalue weighted by Gasteiger charge is 2.34. The summed E-state index contributed by atoms with van der Waals surface area (Å²) < 4.78 is 5.54. The van der Waals surface area contributed by atoms with E-state index in [9.17, 15) is 14.4 Å². The van der Waals surface area contributed by atoms with Crippen molar-refractivity contribution in [1.82, 2.24) is 10.2 Å². The predicted molar refractivity (Wildman–Crippen MR) is 106 cm³/mol. The Bertz CT molecular complexity index is 1060. The fraction of sp³-hybridized carbons (Fsp3) is 0.174. The predicted octanol–water partition coefficient (Wildman–Crippen LogP) is 3.88. The molecular weight excluding hydrogens is 368 g/mol. The molecule has 0 fully saturated rings. The van der Waals surface area contributed by atoms with Crippen molar-refractivity contribution in [2.75, 3.05) is 0 Å². The van der Waals surface area contributed by atoms with Crippen LogP contribution in [-0.4, -0.2) is 22.6 Å². The fourth-order valence-electron chi connectivity index (χ4n) is 3.36. The van der Waals surface area contributed by atoms with Crippen LogP contribution in [0.15, 0.2) is 65.1 Å². The number of benzene rings is 2. The Morgan fingerprint density at radius 2 is 1.59 bits per heavy atom. The molecule has 0 spiro atoms. The molecule has 0 bridgehead atoms. The van der Waals surface area contributed by atoms with Gasteiger partial charge in [0.2, 0.25) is 0 Å². The van der Waals surface area contributed by atoms with Gasteiger partial charge in [0.15, 0.2) is 0 Å². The summed E-state index contributed by atoms with van der Waals surface area (Å²) in [6, 6.07) is 17.1. The number of fused-ring (bicyclic) bond motifs is 1. The smallest absolute Gasteiger partial charge is 0.261 e. The minimum atomic E-state index is -0.296. The fourth-order valence-corrected chi connectivity index (χ4v) is 3.36. The first-order valence-electron chi connectivity index (χ1n) is 9.35. The Morgan fingerprint density at radius 3 is 2.14 bits per heavy atom. The van der Waals surface area contributed by atoms with Gasteiger partial charge in [-0.3, -0.25) is 19.3 Å². The molecule has 29 heavy (non-hydrogen) atoms. The van der Waals surface area contributed by atoms with E-state index >= 15 is 0 Å². The Labute approximate surface area is 168 Å². The van der Waals surface area contributed by atoms with Crippen LogP contribution in [0.2, 0.25) is 0 Å². The average molecular weight is 388 g/mol. The molecule has 1 atom stereocenters. The summed E-state index contributed by atoms with van der Waals surface area (Å²) in [6.07, 6.45) is 0. The molecule has 1 aromatic heterocycles. The lowest BCUT2D eigenvalue weighted by atomic mass is 10.1. The van der Waals surface area contributed by atoms with E-state index in [-0.39, 0.29) is 30.3 Å². The van der Waals surface area contributed by atoms with E-state index in [4.69, 9.17) is 4.42 Å². The van der Waals surface area contributed by atoms with Crippen LogP contribution in [0.4, 0.5) is 0 Å². The molecule has 1 unspecified atom stereocenters.